The van der Waals surface area contributed by atoms with Crippen LogP contribution in [0.5, 0.6) is 0 Å². The van der Waals surface area contributed by atoms with E-state index in [9.17, 15) is 0 Å². The summed E-state index contributed by atoms with van der Waals surface area (Å²) in [5.41, 5.74) is 8.81. The van der Waals surface area contributed by atoms with E-state index < -0.39 is 0 Å². The van der Waals surface area contributed by atoms with Gasteiger partial charge in [-0.05, 0) is 92.4 Å². The van der Waals surface area contributed by atoms with E-state index >= 15 is 0 Å². The number of rotatable bonds is 5. The average molecular weight is 412 g/mol. The van der Waals surface area contributed by atoms with Gasteiger partial charge in [0.25, 0.3) is 0 Å². The molecule has 1 N–H and O–H groups in total. The third-order valence-electron chi connectivity index (χ3n) is 6.13. The van der Waals surface area contributed by atoms with Crippen molar-refractivity contribution in [3.8, 4) is 0 Å². The topological polar surface area (TPSA) is 18.5 Å². The highest BCUT2D eigenvalue weighted by molar-refractivity contribution is 5.68. The number of benzene rings is 3. The fraction of sp³-hybridized carbons (Fsp3) is 0.286. The average Bonchev–Trinajstić information content (AvgIpc) is 3.06. The molecule has 31 heavy (non-hydrogen) atoms. The molecule has 4 rings (SSSR count). The first-order chi connectivity index (χ1) is 15.1. The van der Waals surface area contributed by atoms with Crippen LogP contribution in [0.1, 0.15) is 31.4 Å². The summed E-state index contributed by atoms with van der Waals surface area (Å²) in [5.74, 6) is 0. The predicted octanol–water partition coefficient (Wildman–Crippen LogP) is 6.88. The van der Waals surface area contributed by atoms with Crippen molar-refractivity contribution >= 4 is 28.3 Å². The Kier molecular flexibility index (Phi) is 6.61. The highest BCUT2D eigenvalue weighted by Gasteiger charge is 2.16. The Hall–Kier alpha value is -3.20. The molecule has 0 amide bonds. The van der Waals surface area contributed by atoms with Crippen molar-refractivity contribution in [1.29, 1.82) is 0 Å². The second-order valence-electron chi connectivity index (χ2n) is 8.39. The Morgan fingerprint density at radius 2 is 1.48 bits per heavy atom. The van der Waals surface area contributed by atoms with Crippen LogP contribution in [0.2, 0.25) is 0 Å². The van der Waals surface area contributed by atoms with Crippen LogP contribution in [0.3, 0.4) is 0 Å². The second kappa shape index (κ2) is 9.74. The van der Waals surface area contributed by atoms with Crippen LogP contribution in [0.15, 0.2) is 78.9 Å². The Balaban J connectivity index is 1.41. The lowest BCUT2D eigenvalue weighted by Gasteiger charge is -2.25. The lowest BCUT2D eigenvalue weighted by atomic mass is 10.1. The minimum atomic E-state index is 1.04. The zero-order chi connectivity index (χ0) is 21.6. The lowest BCUT2D eigenvalue weighted by molar-refractivity contribution is 0.806. The number of aryl methyl sites for hydroxylation is 1. The van der Waals surface area contributed by atoms with E-state index in [0.717, 1.165) is 44.0 Å². The van der Waals surface area contributed by atoms with E-state index in [1.165, 1.54) is 28.1 Å². The molecule has 0 unspecified atom stereocenters. The van der Waals surface area contributed by atoms with Gasteiger partial charge in [-0.25, -0.2) is 0 Å². The number of nitrogens with zero attached hydrogens (tertiary/aromatic N) is 2. The number of anilines is 4. The van der Waals surface area contributed by atoms with Crippen molar-refractivity contribution in [1.82, 2.24) is 0 Å². The number of hydrogen-bond acceptors (Lipinski definition) is 3. The van der Waals surface area contributed by atoms with Gasteiger partial charge >= 0.3 is 0 Å². The van der Waals surface area contributed by atoms with Crippen molar-refractivity contribution < 1.29 is 0 Å². The first kappa shape index (κ1) is 21.0. The molecule has 3 aromatic rings. The minimum absolute atomic E-state index is 1.04. The van der Waals surface area contributed by atoms with Crippen molar-refractivity contribution in [3.05, 3.63) is 90.0 Å². The molecular weight excluding hydrogens is 378 g/mol. The summed E-state index contributed by atoms with van der Waals surface area (Å²) in [6, 6.07) is 26.3. The lowest BCUT2D eigenvalue weighted by Crippen LogP contribution is -2.30. The maximum absolute atomic E-state index is 3.50. The third kappa shape index (κ3) is 5.29. The summed E-state index contributed by atoms with van der Waals surface area (Å²) in [7, 11) is 0. The van der Waals surface area contributed by atoms with E-state index in [-0.39, 0.29) is 0 Å². The Labute approximate surface area is 187 Å². The molecule has 1 fully saturated rings. The fourth-order valence-corrected chi connectivity index (χ4v) is 4.19. The molecular formula is C28H33N3. The highest BCUT2D eigenvalue weighted by Crippen LogP contribution is 2.25. The molecule has 1 heterocycles. The van der Waals surface area contributed by atoms with Gasteiger partial charge in [0.1, 0.15) is 0 Å². The van der Waals surface area contributed by atoms with E-state index in [1.807, 2.05) is 0 Å². The standard InChI is InChI=1S/C28H33N3/c1-4-23(3)24-9-6-11-28(21-24)31-17-7-16-30(18-19-31)27-14-12-25(13-15-27)29-26-10-5-8-22(2)20-26/h4-6,8-15,20-21,29H,7,16-19H2,1-3H3/b23-4+. The van der Waals surface area contributed by atoms with Gasteiger partial charge in [0.05, 0.1) is 0 Å². The molecule has 1 saturated heterocycles. The third-order valence-corrected chi connectivity index (χ3v) is 6.13. The van der Waals surface area contributed by atoms with Crippen LogP contribution >= 0.6 is 0 Å². The molecule has 3 aromatic carbocycles. The van der Waals surface area contributed by atoms with E-state index in [4.69, 9.17) is 0 Å². The van der Waals surface area contributed by atoms with E-state index in [2.05, 4.69) is 115 Å². The number of nitrogens with one attached hydrogen (secondary N) is 1. The van der Waals surface area contributed by atoms with Gasteiger partial charge in [0, 0.05) is 48.9 Å². The van der Waals surface area contributed by atoms with Crippen molar-refractivity contribution in [2.75, 3.05) is 41.3 Å². The van der Waals surface area contributed by atoms with Crippen LogP contribution in [0.4, 0.5) is 22.7 Å². The summed E-state index contributed by atoms with van der Waals surface area (Å²) in [6.45, 7) is 10.7. The van der Waals surface area contributed by atoms with Crippen molar-refractivity contribution in [3.63, 3.8) is 0 Å². The zero-order valence-corrected chi connectivity index (χ0v) is 18.9. The summed E-state index contributed by atoms with van der Waals surface area (Å²) < 4.78 is 0. The second-order valence-corrected chi connectivity index (χ2v) is 8.39. The van der Waals surface area contributed by atoms with Gasteiger partial charge in [-0.15, -0.1) is 0 Å². The molecule has 0 aromatic heterocycles. The molecule has 0 radical (unpaired) electrons. The molecule has 1 aliphatic heterocycles. The van der Waals surface area contributed by atoms with Gasteiger partial charge in [-0.1, -0.05) is 30.3 Å². The molecule has 1 aliphatic rings. The van der Waals surface area contributed by atoms with Gasteiger partial charge < -0.3 is 15.1 Å². The highest BCUT2D eigenvalue weighted by atomic mass is 15.2. The Bertz CT molecular complexity index is 1040. The van der Waals surface area contributed by atoms with Gasteiger partial charge in [-0.2, -0.15) is 0 Å². The molecule has 0 atom stereocenters. The molecule has 0 saturated carbocycles. The normalized spacial score (nSPS) is 15.0. The summed E-state index contributed by atoms with van der Waals surface area (Å²) in [6.07, 6.45) is 3.34. The molecule has 0 spiro atoms. The molecule has 0 aliphatic carbocycles. The van der Waals surface area contributed by atoms with Crippen molar-refractivity contribution in [2.24, 2.45) is 0 Å². The van der Waals surface area contributed by atoms with Gasteiger partial charge in [0.2, 0.25) is 0 Å². The van der Waals surface area contributed by atoms with Crippen LogP contribution < -0.4 is 15.1 Å². The van der Waals surface area contributed by atoms with E-state index in [0.29, 0.717) is 0 Å². The van der Waals surface area contributed by atoms with Crippen LogP contribution in [-0.2, 0) is 0 Å². The van der Waals surface area contributed by atoms with Gasteiger partial charge in [0.15, 0.2) is 0 Å². The quantitative estimate of drug-likeness (QED) is 0.494. The molecule has 3 nitrogen and oxygen atoms in total. The number of hydrogen-bond donors (Lipinski definition) is 1. The zero-order valence-electron chi connectivity index (χ0n) is 18.9. The first-order valence-electron chi connectivity index (χ1n) is 11.3. The maximum atomic E-state index is 3.50. The summed E-state index contributed by atoms with van der Waals surface area (Å²) in [4.78, 5) is 5.04. The van der Waals surface area contributed by atoms with Gasteiger partial charge in [-0.3, -0.25) is 0 Å². The summed E-state index contributed by atoms with van der Waals surface area (Å²) in [5, 5.41) is 3.50. The maximum Gasteiger partial charge on any atom is 0.0386 e. The van der Waals surface area contributed by atoms with E-state index in [1.54, 1.807) is 0 Å². The fourth-order valence-electron chi connectivity index (χ4n) is 4.19. The largest absolute Gasteiger partial charge is 0.370 e. The van der Waals surface area contributed by atoms with Crippen LogP contribution in [0, 0.1) is 6.92 Å². The Morgan fingerprint density at radius 3 is 2.19 bits per heavy atom. The molecule has 0 bridgehead atoms. The Morgan fingerprint density at radius 1 is 0.774 bits per heavy atom. The van der Waals surface area contributed by atoms with Crippen LogP contribution in [0.25, 0.3) is 5.57 Å². The number of allylic oxidation sites excluding steroid dienone is 2. The predicted molar refractivity (Wildman–Crippen MR) is 136 cm³/mol. The van der Waals surface area contributed by atoms with Crippen LogP contribution in [-0.4, -0.2) is 26.2 Å². The molecule has 160 valence electrons. The summed E-state index contributed by atoms with van der Waals surface area (Å²) >= 11 is 0. The monoisotopic (exact) mass is 411 g/mol. The van der Waals surface area contributed by atoms with Crippen molar-refractivity contribution in [2.45, 2.75) is 27.2 Å². The minimum Gasteiger partial charge on any atom is -0.370 e. The molecule has 3 heteroatoms. The SMILES string of the molecule is C/C=C(\C)c1cccc(N2CCCN(c3ccc(Nc4cccc(C)c4)cc3)CC2)c1. The smallest absolute Gasteiger partial charge is 0.0386 e. The first-order valence-corrected chi connectivity index (χ1v) is 11.3.